The van der Waals surface area contributed by atoms with Crippen molar-refractivity contribution in [1.29, 1.82) is 0 Å². The number of nitrogens with one attached hydrogen (secondary N) is 1. The maximum atomic E-state index is 12.6. The number of nitrogens with zero attached hydrogens (tertiary/aromatic N) is 1. The Kier molecular flexibility index (Phi) is 4.43. The molecular weight excluding hydrogens is 260 g/mol. The summed E-state index contributed by atoms with van der Waals surface area (Å²) in [4.78, 5) is 14.4. The second-order valence-electron chi connectivity index (χ2n) is 7.60. The molecule has 1 aromatic carbocycles. The highest BCUT2D eigenvalue weighted by Gasteiger charge is 2.38. The molecule has 2 rings (SSSR count). The van der Waals surface area contributed by atoms with Crippen molar-refractivity contribution in [3.8, 4) is 0 Å². The number of carbonyl (C=O) groups excluding carboxylic acids is 1. The summed E-state index contributed by atoms with van der Waals surface area (Å²) in [6, 6.07) is 8.62. The Hall–Kier alpha value is -1.35. The Morgan fingerprint density at radius 2 is 1.90 bits per heavy atom. The van der Waals surface area contributed by atoms with Gasteiger partial charge in [-0.3, -0.25) is 4.79 Å². The summed E-state index contributed by atoms with van der Waals surface area (Å²) in [5.41, 5.74) is 2.45. The first kappa shape index (κ1) is 16.0. The van der Waals surface area contributed by atoms with Crippen molar-refractivity contribution < 1.29 is 4.79 Å². The standard InChI is InChI=1S/C18H28N2O/c1-17(2,3)15-8-6-14(7-9-15)12-20(5)16(21)18(4)10-11-19-13-18/h6-9,19H,10-13H2,1-5H3. The van der Waals surface area contributed by atoms with Crippen LogP contribution in [0.25, 0.3) is 0 Å². The van der Waals surface area contributed by atoms with E-state index in [2.05, 4.69) is 57.3 Å². The number of hydrogen-bond acceptors (Lipinski definition) is 2. The van der Waals surface area contributed by atoms with Crippen LogP contribution in [0.15, 0.2) is 24.3 Å². The molecule has 3 heteroatoms. The van der Waals surface area contributed by atoms with E-state index >= 15 is 0 Å². The Bertz CT molecular complexity index is 493. The topological polar surface area (TPSA) is 32.3 Å². The predicted octanol–water partition coefficient (Wildman–Crippen LogP) is 2.94. The zero-order valence-electron chi connectivity index (χ0n) is 14.0. The SMILES string of the molecule is CN(Cc1ccc(C(C)(C)C)cc1)C(=O)C1(C)CCNC1. The molecule has 0 radical (unpaired) electrons. The van der Waals surface area contributed by atoms with E-state index in [1.165, 1.54) is 11.1 Å². The molecule has 1 fully saturated rings. The van der Waals surface area contributed by atoms with Crippen LogP contribution in [-0.2, 0) is 16.8 Å². The van der Waals surface area contributed by atoms with Crippen molar-refractivity contribution in [3.05, 3.63) is 35.4 Å². The van der Waals surface area contributed by atoms with Crippen molar-refractivity contribution in [3.63, 3.8) is 0 Å². The van der Waals surface area contributed by atoms with Gasteiger partial charge >= 0.3 is 0 Å². The molecule has 1 atom stereocenters. The van der Waals surface area contributed by atoms with Crippen LogP contribution in [0.2, 0.25) is 0 Å². The van der Waals surface area contributed by atoms with E-state index in [0.717, 1.165) is 19.5 Å². The van der Waals surface area contributed by atoms with Crippen LogP contribution < -0.4 is 5.32 Å². The van der Waals surface area contributed by atoms with Crippen LogP contribution in [0, 0.1) is 5.41 Å². The second-order valence-corrected chi connectivity index (χ2v) is 7.60. The van der Waals surface area contributed by atoms with Crippen molar-refractivity contribution in [1.82, 2.24) is 10.2 Å². The molecule has 0 bridgehead atoms. The lowest BCUT2D eigenvalue weighted by atomic mass is 9.86. The molecule has 1 aliphatic rings. The van der Waals surface area contributed by atoms with Gasteiger partial charge in [0.1, 0.15) is 0 Å². The maximum absolute atomic E-state index is 12.6. The summed E-state index contributed by atoms with van der Waals surface area (Å²) < 4.78 is 0. The van der Waals surface area contributed by atoms with Gasteiger partial charge in [-0.1, -0.05) is 45.0 Å². The van der Waals surface area contributed by atoms with Gasteiger partial charge in [0.25, 0.3) is 0 Å². The smallest absolute Gasteiger partial charge is 0.229 e. The molecule has 1 aliphatic heterocycles. The average molecular weight is 288 g/mol. The molecular formula is C18H28N2O. The minimum Gasteiger partial charge on any atom is -0.341 e. The van der Waals surface area contributed by atoms with Gasteiger partial charge in [0.15, 0.2) is 0 Å². The summed E-state index contributed by atoms with van der Waals surface area (Å²) in [7, 11) is 1.91. The van der Waals surface area contributed by atoms with Crippen LogP contribution >= 0.6 is 0 Å². The lowest BCUT2D eigenvalue weighted by Crippen LogP contribution is -2.41. The zero-order chi connectivity index (χ0) is 15.7. The fraction of sp³-hybridized carbons (Fsp3) is 0.611. The highest BCUT2D eigenvalue weighted by Crippen LogP contribution is 2.28. The third kappa shape index (κ3) is 3.65. The van der Waals surface area contributed by atoms with Crippen molar-refractivity contribution in [2.75, 3.05) is 20.1 Å². The molecule has 1 unspecified atom stereocenters. The Morgan fingerprint density at radius 1 is 1.29 bits per heavy atom. The van der Waals surface area contributed by atoms with Gasteiger partial charge in [-0.15, -0.1) is 0 Å². The number of amides is 1. The van der Waals surface area contributed by atoms with E-state index in [9.17, 15) is 4.79 Å². The molecule has 0 saturated carbocycles. The van der Waals surface area contributed by atoms with E-state index in [1.54, 1.807) is 0 Å². The molecule has 1 aromatic rings. The number of carbonyl (C=O) groups is 1. The van der Waals surface area contributed by atoms with Gasteiger partial charge in [-0.2, -0.15) is 0 Å². The quantitative estimate of drug-likeness (QED) is 0.927. The largest absolute Gasteiger partial charge is 0.341 e. The van der Waals surface area contributed by atoms with Gasteiger partial charge in [0.2, 0.25) is 5.91 Å². The number of benzene rings is 1. The second kappa shape index (κ2) is 5.80. The molecule has 0 spiro atoms. The average Bonchev–Trinajstić information content (AvgIpc) is 2.85. The van der Waals surface area contributed by atoms with Crippen LogP contribution in [0.3, 0.4) is 0 Å². The fourth-order valence-corrected chi connectivity index (χ4v) is 2.92. The first-order chi connectivity index (χ1) is 9.72. The third-order valence-electron chi connectivity index (χ3n) is 4.47. The molecule has 1 saturated heterocycles. The summed E-state index contributed by atoms with van der Waals surface area (Å²) in [5, 5.41) is 3.29. The van der Waals surface area contributed by atoms with Gasteiger partial charge in [0, 0.05) is 20.1 Å². The Balaban J connectivity index is 2.02. The molecule has 116 valence electrons. The molecule has 0 aliphatic carbocycles. The van der Waals surface area contributed by atoms with Gasteiger partial charge in [0.05, 0.1) is 5.41 Å². The summed E-state index contributed by atoms with van der Waals surface area (Å²) in [6.07, 6.45) is 0.930. The number of hydrogen-bond donors (Lipinski definition) is 1. The molecule has 21 heavy (non-hydrogen) atoms. The molecule has 0 aromatic heterocycles. The first-order valence-corrected chi connectivity index (χ1v) is 7.78. The molecule has 1 N–H and O–H groups in total. The molecule has 1 amide bonds. The zero-order valence-corrected chi connectivity index (χ0v) is 14.0. The summed E-state index contributed by atoms with van der Waals surface area (Å²) in [5.74, 6) is 0.243. The summed E-state index contributed by atoms with van der Waals surface area (Å²) >= 11 is 0. The van der Waals surface area contributed by atoms with E-state index in [0.29, 0.717) is 6.54 Å². The Labute approximate surface area is 128 Å². The van der Waals surface area contributed by atoms with E-state index in [-0.39, 0.29) is 16.7 Å². The highest BCUT2D eigenvalue weighted by atomic mass is 16.2. The van der Waals surface area contributed by atoms with Crippen LogP contribution in [0.4, 0.5) is 0 Å². The van der Waals surface area contributed by atoms with Gasteiger partial charge in [-0.05, 0) is 36.4 Å². The van der Waals surface area contributed by atoms with Crippen molar-refractivity contribution >= 4 is 5.91 Å². The van der Waals surface area contributed by atoms with Crippen molar-refractivity contribution in [2.45, 2.75) is 46.1 Å². The molecule has 1 heterocycles. The van der Waals surface area contributed by atoms with Crippen LogP contribution in [0.1, 0.15) is 45.2 Å². The molecule has 3 nitrogen and oxygen atoms in total. The van der Waals surface area contributed by atoms with Crippen LogP contribution in [-0.4, -0.2) is 30.9 Å². The minimum atomic E-state index is -0.236. The van der Waals surface area contributed by atoms with E-state index in [1.807, 2.05) is 11.9 Å². The van der Waals surface area contributed by atoms with E-state index in [4.69, 9.17) is 0 Å². The fourth-order valence-electron chi connectivity index (χ4n) is 2.92. The first-order valence-electron chi connectivity index (χ1n) is 7.78. The number of rotatable bonds is 3. The monoisotopic (exact) mass is 288 g/mol. The van der Waals surface area contributed by atoms with Gasteiger partial charge in [-0.25, -0.2) is 0 Å². The van der Waals surface area contributed by atoms with Gasteiger partial charge < -0.3 is 10.2 Å². The highest BCUT2D eigenvalue weighted by molar-refractivity contribution is 5.82. The van der Waals surface area contributed by atoms with Crippen molar-refractivity contribution in [2.24, 2.45) is 5.41 Å². The lowest BCUT2D eigenvalue weighted by molar-refractivity contribution is -0.139. The lowest BCUT2D eigenvalue weighted by Gasteiger charge is -2.28. The summed E-state index contributed by atoms with van der Waals surface area (Å²) in [6.45, 7) is 11.1. The normalized spacial score (nSPS) is 22.3. The predicted molar refractivity (Wildman–Crippen MR) is 87.2 cm³/mol. The Morgan fingerprint density at radius 3 is 2.38 bits per heavy atom. The maximum Gasteiger partial charge on any atom is 0.229 e. The van der Waals surface area contributed by atoms with E-state index < -0.39 is 0 Å². The minimum absolute atomic E-state index is 0.170. The third-order valence-corrected chi connectivity index (χ3v) is 4.47. The van der Waals surface area contributed by atoms with Crippen LogP contribution in [0.5, 0.6) is 0 Å².